The quantitative estimate of drug-likeness (QED) is 0.690. The summed E-state index contributed by atoms with van der Waals surface area (Å²) in [6.45, 7) is 2.27. The van der Waals surface area contributed by atoms with Crippen molar-refractivity contribution in [3.05, 3.63) is 16.6 Å². The molecule has 1 fully saturated rings. The zero-order chi connectivity index (χ0) is 9.26. The molecule has 72 valence electrons. The van der Waals surface area contributed by atoms with Gasteiger partial charge in [-0.3, -0.25) is 4.98 Å². The summed E-state index contributed by atoms with van der Waals surface area (Å²) in [6.07, 6.45) is 5.63. The Labute approximate surface area is 88.1 Å². The normalized spacial score (nSPS) is 33.8. The van der Waals surface area contributed by atoms with Crippen LogP contribution in [0.1, 0.15) is 24.6 Å². The van der Waals surface area contributed by atoms with Crippen LogP contribution in [0.25, 0.3) is 0 Å². The number of thiazole rings is 1. The molecule has 0 radical (unpaired) electrons. The Morgan fingerprint density at radius 1 is 1.62 bits per heavy atom. The van der Waals surface area contributed by atoms with Crippen LogP contribution in [-0.4, -0.2) is 10.4 Å². The molecule has 0 N–H and O–H groups in total. The minimum Gasteiger partial charge on any atom is -0.253 e. The van der Waals surface area contributed by atoms with E-state index in [-0.39, 0.29) is 0 Å². The van der Waals surface area contributed by atoms with Crippen molar-refractivity contribution in [2.45, 2.75) is 31.6 Å². The number of hydrogen-bond acceptors (Lipinski definition) is 2. The number of alkyl halides is 1. The summed E-state index contributed by atoms with van der Waals surface area (Å²) in [4.78, 5) is 5.50. The van der Waals surface area contributed by atoms with Crippen molar-refractivity contribution in [3.8, 4) is 0 Å². The Morgan fingerprint density at radius 2 is 2.46 bits per heavy atom. The maximum Gasteiger partial charge on any atom is 0.0794 e. The molecule has 0 aliphatic heterocycles. The van der Waals surface area contributed by atoms with Gasteiger partial charge in [0.2, 0.25) is 0 Å². The molecule has 0 bridgehead atoms. The third-order valence-electron chi connectivity index (χ3n) is 3.07. The molecule has 2 rings (SSSR count). The summed E-state index contributed by atoms with van der Waals surface area (Å²) in [6, 6.07) is 0. The van der Waals surface area contributed by atoms with Gasteiger partial charge in [0.05, 0.1) is 5.51 Å². The van der Waals surface area contributed by atoms with Crippen molar-refractivity contribution in [3.63, 3.8) is 0 Å². The highest BCUT2D eigenvalue weighted by atomic mass is 35.5. The van der Waals surface area contributed by atoms with Gasteiger partial charge in [-0.15, -0.1) is 22.9 Å². The lowest BCUT2D eigenvalue weighted by Crippen LogP contribution is -2.12. The number of nitrogens with zero attached hydrogens (tertiary/aromatic N) is 1. The lowest BCUT2D eigenvalue weighted by Gasteiger charge is -2.15. The van der Waals surface area contributed by atoms with Crippen LogP contribution in [0.3, 0.4) is 0 Å². The molecule has 3 atom stereocenters. The minimum absolute atomic E-state index is 0.401. The Balaban J connectivity index is 1.96. The molecular weight excluding hydrogens is 202 g/mol. The molecule has 0 aromatic carbocycles. The van der Waals surface area contributed by atoms with E-state index < -0.39 is 0 Å². The Hall–Kier alpha value is -0.0800. The molecule has 1 aliphatic carbocycles. The van der Waals surface area contributed by atoms with Gasteiger partial charge in [-0.1, -0.05) is 6.92 Å². The van der Waals surface area contributed by atoms with Crippen LogP contribution >= 0.6 is 22.9 Å². The van der Waals surface area contributed by atoms with Crippen LogP contribution in [0.4, 0.5) is 0 Å². The lowest BCUT2D eigenvalue weighted by molar-refractivity contribution is 0.422. The van der Waals surface area contributed by atoms with Crippen molar-refractivity contribution in [1.29, 1.82) is 0 Å². The van der Waals surface area contributed by atoms with Gasteiger partial charge >= 0.3 is 0 Å². The van der Waals surface area contributed by atoms with Crippen LogP contribution in [0.15, 0.2) is 11.7 Å². The molecule has 1 aromatic rings. The third kappa shape index (κ3) is 2.05. The van der Waals surface area contributed by atoms with Crippen LogP contribution < -0.4 is 0 Å². The van der Waals surface area contributed by atoms with Gasteiger partial charge in [0.25, 0.3) is 0 Å². The minimum atomic E-state index is 0.401. The highest BCUT2D eigenvalue weighted by Crippen LogP contribution is 2.37. The van der Waals surface area contributed by atoms with Gasteiger partial charge < -0.3 is 0 Å². The smallest absolute Gasteiger partial charge is 0.0794 e. The Morgan fingerprint density at radius 3 is 3.00 bits per heavy atom. The molecule has 1 aromatic heterocycles. The first kappa shape index (κ1) is 9.47. The second-order valence-electron chi connectivity index (χ2n) is 3.88. The maximum atomic E-state index is 6.19. The maximum absolute atomic E-state index is 6.19. The van der Waals surface area contributed by atoms with Gasteiger partial charge in [0.1, 0.15) is 0 Å². The molecular formula is C10H14ClNS. The first-order chi connectivity index (χ1) is 6.27. The van der Waals surface area contributed by atoms with E-state index >= 15 is 0 Å². The van der Waals surface area contributed by atoms with E-state index in [2.05, 4.69) is 11.9 Å². The number of rotatable bonds is 2. The molecule has 1 aliphatic rings. The van der Waals surface area contributed by atoms with Crippen LogP contribution in [-0.2, 0) is 6.42 Å². The first-order valence-electron chi connectivity index (χ1n) is 4.79. The largest absolute Gasteiger partial charge is 0.253 e. The van der Waals surface area contributed by atoms with E-state index in [1.54, 1.807) is 11.3 Å². The van der Waals surface area contributed by atoms with Gasteiger partial charge in [-0.25, -0.2) is 0 Å². The van der Waals surface area contributed by atoms with Crippen molar-refractivity contribution in [1.82, 2.24) is 4.98 Å². The summed E-state index contributed by atoms with van der Waals surface area (Å²) in [7, 11) is 0. The molecule has 3 heteroatoms. The fourth-order valence-corrected chi connectivity index (χ4v) is 3.10. The summed E-state index contributed by atoms with van der Waals surface area (Å²) in [5, 5.41) is 0.401. The van der Waals surface area contributed by atoms with E-state index in [9.17, 15) is 0 Å². The first-order valence-corrected chi connectivity index (χ1v) is 6.10. The fourth-order valence-electron chi connectivity index (χ4n) is 2.08. The Bertz CT molecular complexity index is 260. The molecule has 13 heavy (non-hydrogen) atoms. The average molecular weight is 216 g/mol. The summed E-state index contributed by atoms with van der Waals surface area (Å²) in [5.41, 5.74) is 1.91. The summed E-state index contributed by atoms with van der Waals surface area (Å²) >= 11 is 7.94. The van der Waals surface area contributed by atoms with Gasteiger partial charge in [-0.05, 0) is 31.1 Å². The topological polar surface area (TPSA) is 12.9 Å². The SMILES string of the molecule is CC1C(Cl)CCC1Cc1cncs1. The predicted octanol–water partition coefficient (Wildman–Crippen LogP) is 3.34. The van der Waals surface area contributed by atoms with Crippen molar-refractivity contribution in [2.75, 3.05) is 0 Å². The van der Waals surface area contributed by atoms with Gasteiger partial charge in [-0.2, -0.15) is 0 Å². The molecule has 0 amide bonds. The standard InChI is InChI=1S/C10H14ClNS/c1-7-8(2-3-10(7)11)4-9-5-12-6-13-9/h5-8,10H,2-4H2,1H3. The monoisotopic (exact) mass is 215 g/mol. The molecule has 1 saturated carbocycles. The van der Waals surface area contributed by atoms with Crippen LogP contribution in [0, 0.1) is 11.8 Å². The Kier molecular flexibility index (Phi) is 2.89. The van der Waals surface area contributed by atoms with Crippen LogP contribution in [0.5, 0.6) is 0 Å². The van der Waals surface area contributed by atoms with Crippen LogP contribution in [0.2, 0.25) is 0 Å². The fraction of sp³-hybridized carbons (Fsp3) is 0.700. The second-order valence-corrected chi connectivity index (χ2v) is 5.42. The third-order valence-corrected chi connectivity index (χ3v) is 4.49. The summed E-state index contributed by atoms with van der Waals surface area (Å²) in [5.74, 6) is 1.45. The number of hydrogen-bond donors (Lipinski definition) is 0. The number of aromatic nitrogens is 1. The molecule has 0 spiro atoms. The van der Waals surface area contributed by atoms with Gasteiger partial charge in [0, 0.05) is 16.5 Å². The number of halogens is 1. The lowest BCUT2D eigenvalue weighted by atomic mass is 9.94. The van der Waals surface area contributed by atoms with Crippen molar-refractivity contribution < 1.29 is 0 Å². The van der Waals surface area contributed by atoms with Crippen molar-refractivity contribution >= 4 is 22.9 Å². The molecule has 1 heterocycles. The van der Waals surface area contributed by atoms with Crippen molar-refractivity contribution in [2.24, 2.45) is 11.8 Å². The highest BCUT2D eigenvalue weighted by molar-refractivity contribution is 7.09. The summed E-state index contributed by atoms with van der Waals surface area (Å²) < 4.78 is 0. The zero-order valence-corrected chi connectivity index (χ0v) is 9.31. The van der Waals surface area contributed by atoms with E-state index in [0.29, 0.717) is 11.3 Å². The van der Waals surface area contributed by atoms with E-state index in [4.69, 9.17) is 11.6 Å². The van der Waals surface area contributed by atoms with E-state index in [1.165, 1.54) is 24.1 Å². The molecule has 3 unspecified atom stereocenters. The van der Waals surface area contributed by atoms with E-state index in [0.717, 1.165) is 5.92 Å². The average Bonchev–Trinajstić information content (AvgIpc) is 2.71. The highest BCUT2D eigenvalue weighted by Gasteiger charge is 2.31. The molecule has 1 nitrogen and oxygen atoms in total. The zero-order valence-electron chi connectivity index (χ0n) is 7.74. The van der Waals surface area contributed by atoms with E-state index in [1.807, 2.05) is 11.7 Å². The predicted molar refractivity (Wildman–Crippen MR) is 57.3 cm³/mol. The second kappa shape index (κ2) is 3.97. The molecule has 0 saturated heterocycles. The van der Waals surface area contributed by atoms with Gasteiger partial charge in [0.15, 0.2) is 0 Å².